The van der Waals surface area contributed by atoms with Crippen LogP contribution in [0.1, 0.15) is 61.0 Å². The minimum Gasteiger partial charge on any atom is -0.336 e. The SMILES string of the molecule is CCCn1ncc2c(C(=O)N3CCN4CCC[C@H]4C3)cc(C3CC3)nc21. The van der Waals surface area contributed by atoms with Gasteiger partial charge in [0.25, 0.3) is 5.91 Å². The maximum atomic E-state index is 13.4. The number of aromatic nitrogens is 3. The zero-order valence-electron chi connectivity index (χ0n) is 15.5. The molecule has 1 saturated carbocycles. The van der Waals surface area contributed by atoms with Crippen LogP contribution in [0.5, 0.6) is 0 Å². The van der Waals surface area contributed by atoms with Gasteiger partial charge in [-0.15, -0.1) is 0 Å². The summed E-state index contributed by atoms with van der Waals surface area (Å²) in [5, 5.41) is 5.44. The summed E-state index contributed by atoms with van der Waals surface area (Å²) in [5.74, 6) is 0.699. The van der Waals surface area contributed by atoms with E-state index in [4.69, 9.17) is 4.98 Å². The van der Waals surface area contributed by atoms with Crippen molar-refractivity contribution in [3.8, 4) is 0 Å². The smallest absolute Gasteiger partial charge is 0.254 e. The molecular formula is C20H27N5O. The van der Waals surface area contributed by atoms with E-state index < -0.39 is 0 Å². The molecule has 1 atom stereocenters. The van der Waals surface area contributed by atoms with Crippen LogP contribution in [-0.4, -0.2) is 62.7 Å². The topological polar surface area (TPSA) is 54.3 Å². The van der Waals surface area contributed by atoms with E-state index in [1.54, 1.807) is 0 Å². The Kier molecular flexibility index (Phi) is 3.96. The van der Waals surface area contributed by atoms with Crippen LogP contribution >= 0.6 is 0 Å². The van der Waals surface area contributed by atoms with Crippen LogP contribution in [0, 0.1) is 0 Å². The Balaban J connectivity index is 1.51. The molecule has 2 aromatic heterocycles. The summed E-state index contributed by atoms with van der Waals surface area (Å²) in [6, 6.07) is 2.61. The summed E-state index contributed by atoms with van der Waals surface area (Å²) in [7, 11) is 0. The number of nitrogens with zero attached hydrogens (tertiary/aromatic N) is 5. The Hall–Kier alpha value is -1.95. The van der Waals surface area contributed by atoms with Gasteiger partial charge in [0.15, 0.2) is 5.65 Å². The van der Waals surface area contributed by atoms with Crippen LogP contribution in [0.15, 0.2) is 12.3 Å². The number of aryl methyl sites for hydroxylation is 1. The lowest BCUT2D eigenvalue weighted by Gasteiger charge is -2.37. The lowest BCUT2D eigenvalue weighted by Crippen LogP contribution is -2.52. The highest BCUT2D eigenvalue weighted by Gasteiger charge is 2.34. The molecular weight excluding hydrogens is 326 g/mol. The largest absolute Gasteiger partial charge is 0.336 e. The quantitative estimate of drug-likeness (QED) is 0.848. The molecule has 0 bridgehead atoms. The van der Waals surface area contributed by atoms with E-state index in [2.05, 4.69) is 27.9 Å². The second-order valence-corrected chi connectivity index (χ2v) is 8.06. The summed E-state index contributed by atoms with van der Waals surface area (Å²) < 4.78 is 1.97. The zero-order valence-corrected chi connectivity index (χ0v) is 15.5. The van der Waals surface area contributed by atoms with Crippen LogP contribution in [0.3, 0.4) is 0 Å². The Labute approximate surface area is 154 Å². The van der Waals surface area contributed by atoms with Gasteiger partial charge in [0, 0.05) is 43.8 Å². The lowest BCUT2D eigenvalue weighted by atomic mass is 10.1. The summed E-state index contributed by atoms with van der Waals surface area (Å²) in [6.07, 6.45) is 7.72. The first-order valence-electron chi connectivity index (χ1n) is 10.1. The molecule has 6 heteroatoms. The third-order valence-electron chi connectivity index (χ3n) is 6.17. The number of pyridine rings is 1. The number of carbonyl (C=O) groups is 1. The van der Waals surface area contributed by atoms with Crippen LogP contribution < -0.4 is 0 Å². The molecule has 0 aromatic carbocycles. The summed E-state index contributed by atoms with van der Waals surface area (Å²) in [6.45, 7) is 6.90. The van der Waals surface area contributed by atoms with Crippen molar-refractivity contribution in [1.82, 2.24) is 24.6 Å². The molecule has 1 aliphatic carbocycles. The molecule has 3 aliphatic rings. The lowest BCUT2D eigenvalue weighted by molar-refractivity contribution is 0.0573. The third kappa shape index (κ3) is 2.71. The fourth-order valence-electron chi connectivity index (χ4n) is 4.55. The monoisotopic (exact) mass is 353 g/mol. The Morgan fingerprint density at radius 2 is 2.12 bits per heavy atom. The van der Waals surface area contributed by atoms with E-state index in [9.17, 15) is 4.79 Å². The average molecular weight is 353 g/mol. The highest BCUT2D eigenvalue weighted by molar-refractivity contribution is 6.05. The standard InChI is InChI=1S/C20H27N5O/c1-2-7-25-19-17(12-21-25)16(11-18(22-19)14-5-6-14)20(26)24-10-9-23-8-3-4-15(23)13-24/h11-12,14-15H,2-10,13H2,1H3/t15-/m0/s1. The maximum absolute atomic E-state index is 13.4. The Morgan fingerprint density at radius 3 is 2.92 bits per heavy atom. The van der Waals surface area contributed by atoms with Gasteiger partial charge in [0.05, 0.1) is 17.1 Å². The molecule has 0 N–H and O–H groups in total. The van der Waals surface area contributed by atoms with Crippen molar-refractivity contribution >= 4 is 16.9 Å². The van der Waals surface area contributed by atoms with Crippen LogP contribution in [0.2, 0.25) is 0 Å². The van der Waals surface area contributed by atoms with Gasteiger partial charge in [-0.3, -0.25) is 9.69 Å². The van der Waals surface area contributed by atoms with Gasteiger partial charge >= 0.3 is 0 Å². The molecule has 3 fully saturated rings. The van der Waals surface area contributed by atoms with E-state index in [0.29, 0.717) is 12.0 Å². The number of rotatable bonds is 4. The predicted octanol–water partition coefficient (Wildman–Crippen LogP) is 2.64. The van der Waals surface area contributed by atoms with E-state index in [0.717, 1.165) is 54.9 Å². The highest BCUT2D eigenvalue weighted by Crippen LogP contribution is 2.40. The minimum absolute atomic E-state index is 0.168. The molecule has 2 aromatic rings. The maximum Gasteiger partial charge on any atom is 0.254 e. The van der Waals surface area contributed by atoms with Gasteiger partial charge in [-0.1, -0.05) is 6.92 Å². The molecule has 26 heavy (non-hydrogen) atoms. The molecule has 5 rings (SSSR count). The van der Waals surface area contributed by atoms with Gasteiger partial charge in [0.1, 0.15) is 0 Å². The average Bonchev–Trinajstić information content (AvgIpc) is 3.28. The van der Waals surface area contributed by atoms with Crippen molar-refractivity contribution in [3.05, 3.63) is 23.5 Å². The molecule has 0 radical (unpaired) electrons. The number of hydrogen-bond acceptors (Lipinski definition) is 4. The zero-order chi connectivity index (χ0) is 17.7. The van der Waals surface area contributed by atoms with Crippen LogP contribution in [0.4, 0.5) is 0 Å². The van der Waals surface area contributed by atoms with Gasteiger partial charge in [-0.2, -0.15) is 5.10 Å². The second-order valence-electron chi connectivity index (χ2n) is 8.06. The van der Waals surface area contributed by atoms with Crippen molar-refractivity contribution in [3.63, 3.8) is 0 Å². The van der Waals surface area contributed by atoms with Gasteiger partial charge < -0.3 is 4.90 Å². The number of amides is 1. The summed E-state index contributed by atoms with van der Waals surface area (Å²) in [4.78, 5) is 22.9. The number of piperazine rings is 1. The second kappa shape index (κ2) is 6.34. The van der Waals surface area contributed by atoms with Crippen molar-refractivity contribution in [2.24, 2.45) is 0 Å². The van der Waals surface area contributed by atoms with Crippen molar-refractivity contribution in [2.75, 3.05) is 26.2 Å². The fraction of sp³-hybridized carbons (Fsp3) is 0.650. The summed E-state index contributed by atoms with van der Waals surface area (Å²) >= 11 is 0. The van der Waals surface area contributed by atoms with E-state index >= 15 is 0 Å². The number of hydrogen-bond donors (Lipinski definition) is 0. The molecule has 0 unspecified atom stereocenters. The van der Waals surface area contributed by atoms with Gasteiger partial charge in [-0.05, 0) is 44.7 Å². The Morgan fingerprint density at radius 1 is 1.23 bits per heavy atom. The molecule has 1 amide bonds. The van der Waals surface area contributed by atoms with Crippen molar-refractivity contribution < 1.29 is 4.79 Å². The highest BCUT2D eigenvalue weighted by atomic mass is 16.2. The predicted molar refractivity (Wildman–Crippen MR) is 100 cm³/mol. The van der Waals surface area contributed by atoms with E-state index in [1.807, 2.05) is 10.9 Å². The number of carbonyl (C=O) groups excluding carboxylic acids is 1. The minimum atomic E-state index is 0.168. The van der Waals surface area contributed by atoms with Crippen LogP contribution in [-0.2, 0) is 6.54 Å². The van der Waals surface area contributed by atoms with Crippen molar-refractivity contribution in [2.45, 2.75) is 57.5 Å². The normalized spacial score (nSPS) is 23.6. The first kappa shape index (κ1) is 16.2. The van der Waals surface area contributed by atoms with Crippen molar-refractivity contribution in [1.29, 1.82) is 0 Å². The van der Waals surface area contributed by atoms with Gasteiger partial charge in [0.2, 0.25) is 0 Å². The van der Waals surface area contributed by atoms with Gasteiger partial charge in [-0.25, -0.2) is 9.67 Å². The first-order chi connectivity index (χ1) is 12.7. The van der Waals surface area contributed by atoms with E-state index in [-0.39, 0.29) is 5.91 Å². The molecule has 2 aliphatic heterocycles. The van der Waals surface area contributed by atoms with E-state index in [1.165, 1.54) is 32.2 Å². The first-order valence-corrected chi connectivity index (χ1v) is 10.1. The molecule has 6 nitrogen and oxygen atoms in total. The third-order valence-corrected chi connectivity index (χ3v) is 6.17. The summed E-state index contributed by atoms with van der Waals surface area (Å²) in [5.41, 5.74) is 2.78. The van der Waals surface area contributed by atoms with Crippen LogP contribution in [0.25, 0.3) is 11.0 Å². The molecule has 0 spiro atoms. The molecule has 2 saturated heterocycles. The molecule has 138 valence electrons. The fourth-order valence-corrected chi connectivity index (χ4v) is 4.55. The number of fused-ring (bicyclic) bond motifs is 2. The Bertz CT molecular complexity index is 840. The molecule has 4 heterocycles.